The van der Waals surface area contributed by atoms with Crippen LogP contribution in [0, 0.1) is 13.8 Å². The summed E-state index contributed by atoms with van der Waals surface area (Å²) in [5.41, 5.74) is 6.73. The van der Waals surface area contributed by atoms with Gasteiger partial charge in [0.15, 0.2) is 0 Å². The molecule has 162 valence electrons. The van der Waals surface area contributed by atoms with E-state index in [1.807, 2.05) is 6.92 Å². The van der Waals surface area contributed by atoms with Crippen LogP contribution >= 0.6 is 11.3 Å². The number of aryl methyl sites for hydroxylation is 1. The molecule has 1 atom stereocenters. The molecule has 1 saturated heterocycles. The van der Waals surface area contributed by atoms with Crippen LogP contribution in [-0.4, -0.2) is 50.8 Å². The molecule has 0 spiro atoms. The second-order valence-electron chi connectivity index (χ2n) is 7.25. The lowest BCUT2D eigenvalue weighted by Crippen LogP contribution is -2.34. The summed E-state index contributed by atoms with van der Waals surface area (Å²) in [6, 6.07) is 5.69. The van der Waals surface area contributed by atoms with Crippen LogP contribution in [0.3, 0.4) is 0 Å². The molecule has 0 saturated carbocycles. The number of carbonyl (C=O) groups is 2. The Hall–Kier alpha value is -2.27. The Morgan fingerprint density at radius 1 is 1.27 bits per heavy atom. The Morgan fingerprint density at radius 3 is 2.50 bits per heavy atom. The molecule has 2 heterocycles. The van der Waals surface area contributed by atoms with Crippen molar-refractivity contribution in [3.8, 4) is 0 Å². The number of nitrogens with zero attached hydrogens (tertiary/aromatic N) is 1. The molecule has 1 unspecified atom stereocenters. The zero-order valence-electron chi connectivity index (χ0n) is 17.1. The third-order valence-corrected chi connectivity index (χ3v) is 8.13. The number of likely N-dealkylation sites (N-methyl/N-ethyl adjacent to an activating group) is 1. The summed E-state index contributed by atoms with van der Waals surface area (Å²) in [5, 5.41) is 3.09. The van der Waals surface area contributed by atoms with Gasteiger partial charge in [0.2, 0.25) is 10.0 Å². The Balaban J connectivity index is 1.74. The Bertz CT molecular complexity index is 1050. The van der Waals surface area contributed by atoms with E-state index in [4.69, 9.17) is 10.5 Å². The maximum Gasteiger partial charge on any atom is 0.256 e. The fourth-order valence-electron chi connectivity index (χ4n) is 3.32. The Kier molecular flexibility index (Phi) is 6.61. The summed E-state index contributed by atoms with van der Waals surface area (Å²) < 4.78 is 32.3. The molecule has 1 aliphatic heterocycles. The van der Waals surface area contributed by atoms with Gasteiger partial charge in [-0.05, 0) is 56.5 Å². The predicted octanol–water partition coefficient (Wildman–Crippen LogP) is 2.52. The lowest BCUT2D eigenvalue weighted by atomic mass is 10.1. The lowest BCUT2D eigenvalue weighted by Gasteiger charge is -2.20. The molecule has 8 nitrogen and oxygen atoms in total. The molecular weight excluding hydrogens is 426 g/mol. The van der Waals surface area contributed by atoms with E-state index in [2.05, 4.69) is 5.32 Å². The van der Waals surface area contributed by atoms with E-state index >= 15 is 0 Å². The number of hydrogen-bond donors (Lipinski definition) is 2. The molecule has 2 amide bonds. The second kappa shape index (κ2) is 8.84. The highest BCUT2D eigenvalue weighted by Gasteiger charge is 2.26. The van der Waals surface area contributed by atoms with Crippen LogP contribution in [-0.2, 0) is 14.8 Å². The Labute approximate surface area is 180 Å². The number of nitrogens with one attached hydrogen (secondary N) is 1. The van der Waals surface area contributed by atoms with Gasteiger partial charge in [0.25, 0.3) is 11.8 Å². The van der Waals surface area contributed by atoms with Gasteiger partial charge >= 0.3 is 0 Å². The van der Waals surface area contributed by atoms with Crippen molar-refractivity contribution in [1.82, 2.24) is 4.31 Å². The number of ether oxygens (including phenoxy) is 1. The van der Waals surface area contributed by atoms with E-state index < -0.39 is 21.8 Å². The quantitative estimate of drug-likeness (QED) is 0.670. The van der Waals surface area contributed by atoms with Crippen molar-refractivity contribution in [2.45, 2.75) is 37.7 Å². The number of carbonyl (C=O) groups excluding carboxylic acids is 2. The Morgan fingerprint density at radius 2 is 1.93 bits per heavy atom. The number of thiophene rings is 1. The first kappa shape index (κ1) is 22.4. The molecule has 1 fully saturated rings. The summed E-state index contributed by atoms with van der Waals surface area (Å²) in [4.78, 5) is 25.3. The topological polar surface area (TPSA) is 119 Å². The van der Waals surface area contributed by atoms with Crippen LogP contribution in [0.5, 0.6) is 0 Å². The zero-order chi connectivity index (χ0) is 22.1. The minimum atomic E-state index is -3.69. The van der Waals surface area contributed by atoms with Crippen molar-refractivity contribution >= 4 is 38.2 Å². The van der Waals surface area contributed by atoms with Gasteiger partial charge in [-0.3, -0.25) is 9.59 Å². The highest BCUT2D eigenvalue weighted by molar-refractivity contribution is 7.89. The van der Waals surface area contributed by atoms with Gasteiger partial charge in [-0.1, -0.05) is 0 Å². The fourth-order valence-corrected chi connectivity index (χ4v) is 5.58. The molecular formula is C20H25N3O5S2. The molecule has 0 aliphatic carbocycles. The minimum absolute atomic E-state index is 0.0908. The third-order valence-electron chi connectivity index (χ3n) is 5.17. The van der Waals surface area contributed by atoms with Crippen LogP contribution in [0.15, 0.2) is 29.2 Å². The number of benzene rings is 1. The number of nitrogens with two attached hydrogens (primary N) is 1. The van der Waals surface area contributed by atoms with Gasteiger partial charge < -0.3 is 15.8 Å². The third kappa shape index (κ3) is 4.56. The first-order chi connectivity index (χ1) is 14.1. The summed E-state index contributed by atoms with van der Waals surface area (Å²) >= 11 is 1.27. The number of anilines is 1. The standard InChI is InChI=1S/C20H25N3O5S2/c1-12-13(2)29-20(17(12)18(21)24)22-19(25)14-6-8-16(9-7-14)30(26,27)23(3)11-15-5-4-10-28-15/h6-9,15H,4-5,10-11H2,1-3H3,(H2,21,24)(H,22,25). The van der Waals surface area contributed by atoms with E-state index in [0.717, 1.165) is 23.3 Å². The SMILES string of the molecule is Cc1sc(NC(=O)c2ccc(S(=O)(=O)N(C)CC3CCCO3)cc2)c(C(N)=O)c1C. The summed E-state index contributed by atoms with van der Waals surface area (Å²) in [6.45, 7) is 4.56. The molecule has 3 rings (SSSR count). The summed E-state index contributed by atoms with van der Waals surface area (Å²) in [7, 11) is -2.17. The maximum atomic E-state index is 12.8. The van der Waals surface area contributed by atoms with Crippen molar-refractivity contribution in [3.63, 3.8) is 0 Å². The van der Waals surface area contributed by atoms with Crippen molar-refractivity contribution in [2.75, 3.05) is 25.5 Å². The monoisotopic (exact) mass is 451 g/mol. The number of amides is 2. The lowest BCUT2D eigenvalue weighted by molar-refractivity contribution is 0.0978. The average Bonchev–Trinajstić information content (AvgIpc) is 3.29. The minimum Gasteiger partial charge on any atom is -0.377 e. The molecule has 0 radical (unpaired) electrons. The van der Waals surface area contributed by atoms with Gasteiger partial charge in [0.1, 0.15) is 5.00 Å². The van der Waals surface area contributed by atoms with E-state index in [1.54, 1.807) is 6.92 Å². The average molecular weight is 452 g/mol. The first-order valence-corrected chi connectivity index (χ1v) is 11.8. The number of rotatable bonds is 7. The van der Waals surface area contributed by atoms with Gasteiger partial charge in [0, 0.05) is 30.6 Å². The summed E-state index contributed by atoms with van der Waals surface area (Å²) in [6.07, 6.45) is 1.68. The predicted molar refractivity (Wildman–Crippen MR) is 115 cm³/mol. The molecule has 2 aromatic rings. The highest BCUT2D eigenvalue weighted by Crippen LogP contribution is 2.32. The second-order valence-corrected chi connectivity index (χ2v) is 10.5. The molecule has 30 heavy (non-hydrogen) atoms. The largest absolute Gasteiger partial charge is 0.377 e. The first-order valence-electron chi connectivity index (χ1n) is 9.50. The van der Waals surface area contributed by atoms with E-state index in [9.17, 15) is 18.0 Å². The molecule has 10 heteroatoms. The van der Waals surface area contributed by atoms with Gasteiger partial charge in [-0.25, -0.2) is 8.42 Å². The molecule has 3 N–H and O–H groups in total. The van der Waals surface area contributed by atoms with Gasteiger partial charge in [0.05, 0.1) is 16.6 Å². The highest BCUT2D eigenvalue weighted by atomic mass is 32.2. The van der Waals surface area contributed by atoms with Gasteiger partial charge in [-0.15, -0.1) is 11.3 Å². The maximum absolute atomic E-state index is 12.8. The van der Waals surface area contributed by atoms with Crippen molar-refractivity contribution in [3.05, 3.63) is 45.8 Å². The molecule has 0 bridgehead atoms. The van der Waals surface area contributed by atoms with Crippen molar-refractivity contribution in [1.29, 1.82) is 0 Å². The van der Waals surface area contributed by atoms with Crippen LogP contribution in [0.25, 0.3) is 0 Å². The van der Waals surface area contributed by atoms with Gasteiger partial charge in [-0.2, -0.15) is 4.31 Å². The number of hydrogen-bond acceptors (Lipinski definition) is 6. The van der Waals surface area contributed by atoms with Crippen molar-refractivity contribution in [2.24, 2.45) is 5.73 Å². The smallest absolute Gasteiger partial charge is 0.256 e. The van der Waals surface area contributed by atoms with E-state index in [1.165, 1.54) is 47.0 Å². The van der Waals surface area contributed by atoms with Crippen LogP contribution in [0.1, 0.15) is 44.0 Å². The zero-order valence-corrected chi connectivity index (χ0v) is 18.7. The molecule has 1 aromatic heterocycles. The van der Waals surface area contributed by atoms with E-state index in [0.29, 0.717) is 17.2 Å². The van der Waals surface area contributed by atoms with Crippen molar-refractivity contribution < 1.29 is 22.7 Å². The molecule has 1 aromatic carbocycles. The van der Waals surface area contributed by atoms with Crippen LogP contribution in [0.4, 0.5) is 5.00 Å². The number of primary amides is 1. The van der Waals surface area contributed by atoms with E-state index in [-0.39, 0.29) is 23.1 Å². The normalized spacial score (nSPS) is 16.7. The van der Waals surface area contributed by atoms with Crippen LogP contribution in [0.2, 0.25) is 0 Å². The fraction of sp³-hybridized carbons (Fsp3) is 0.400. The van der Waals surface area contributed by atoms with Crippen LogP contribution < -0.4 is 11.1 Å². The molecule has 1 aliphatic rings. The number of sulfonamides is 1. The summed E-state index contributed by atoms with van der Waals surface area (Å²) in [5.74, 6) is -1.06.